The van der Waals surface area contributed by atoms with Gasteiger partial charge in [0, 0.05) is 29.7 Å². The maximum absolute atomic E-state index is 12.6. The number of carbonyl (C=O) groups excluding carboxylic acids is 1. The van der Waals surface area contributed by atoms with Crippen LogP contribution in [0.2, 0.25) is 0 Å². The van der Waals surface area contributed by atoms with Gasteiger partial charge in [-0.3, -0.25) is 4.79 Å². The molecule has 3 nitrogen and oxygen atoms in total. The summed E-state index contributed by atoms with van der Waals surface area (Å²) in [6.45, 7) is 4.88. The summed E-state index contributed by atoms with van der Waals surface area (Å²) in [5.41, 5.74) is 1.86. The third kappa shape index (κ3) is 3.61. The van der Waals surface area contributed by atoms with Crippen molar-refractivity contribution in [2.24, 2.45) is 5.92 Å². The average molecular weight is 339 g/mol. The van der Waals surface area contributed by atoms with Crippen LogP contribution in [0.15, 0.2) is 22.7 Å². The van der Waals surface area contributed by atoms with Gasteiger partial charge < -0.3 is 9.80 Å². The van der Waals surface area contributed by atoms with Crippen LogP contribution >= 0.6 is 15.9 Å². The van der Waals surface area contributed by atoms with E-state index in [-0.39, 0.29) is 5.91 Å². The Labute approximate surface area is 130 Å². The maximum atomic E-state index is 12.6. The van der Waals surface area contributed by atoms with Crippen LogP contribution in [0.25, 0.3) is 0 Å². The van der Waals surface area contributed by atoms with E-state index in [4.69, 9.17) is 0 Å². The van der Waals surface area contributed by atoms with E-state index in [0.717, 1.165) is 54.0 Å². The summed E-state index contributed by atoms with van der Waals surface area (Å²) in [4.78, 5) is 16.8. The second kappa shape index (κ2) is 6.72. The first-order chi connectivity index (χ1) is 9.49. The standard InChI is InChI=1S/C16H23BrN2O/c1-12-14(5-4-6-15(12)17)16(20)19-9-7-13(8-10-19)11-18(2)3/h4-6,13H,7-11H2,1-3H3. The summed E-state index contributed by atoms with van der Waals surface area (Å²) in [6.07, 6.45) is 2.22. The second-order valence-corrected chi connectivity index (χ2v) is 6.76. The molecule has 0 saturated carbocycles. The van der Waals surface area contributed by atoms with Crippen LogP contribution in [-0.4, -0.2) is 49.4 Å². The minimum absolute atomic E-state index is 0.173. The molecule has 0 aliphatic carbocycles. The molecule has 0 N–H and O–H groups in total. The largest absolute Gasteiger partial charge is 0.339 e. The Morgan fingerprint density at radius 2 is 2.00 bits per heavy atom. The normalized spacial score (nSPS) is 16.8. The van der Waals surface area contributed by atoms with Crippen molar-refractivity contribution in [1.29, 1.82) is 0 Å². The van der Waals surface area contributed by atoms with Crippen LogP contribution in [0, 0.1) is 12.8 Å². The Bertz CT molecular complexity index is 479. The van der Waals surface area contributed by atoms with Gasteiger partial charge in [-0.15, -0.1) is 0 Å². The van der Waals surface area contributed by atoms with Gasteiger partial charge in [-0.05, 0) is 57.5 Å². The smallest absolute Gasteiger partial charge is 0.254 e. The molecule has 0 unspecified atom stereocenters. The number of likely N-dealkylation sites (tertiary alicyclic amines) is 1. The van der Waals surface area contributed by atoms with E-state index in [2.05, 4.69) is 34.9 Å². The van der Waals surface area contributed by atoms with E-state index in [1.165, 1.54) is 0 Å². The fourth-order valence-electron chi connectivity index (χ4n) is 2.84. The van der Waals surface area contributed by atoms with Crippen LogP contribution in [0.3, 0.4) is 0 Å². The van der Waals surface area contributed by atoms with Crippen molar-refractivity contribution in [2.75, 3.05) is 33.7 Å². The summed E-state index contributed by atoms with van der Waals surface area (Å²) >= 11 is 3.50. The van der Waals surface area contributed by atoms with Gasteiger partial charge in [0.15, 0.2) is 0 Å². The summed E-state index contributed by atoms with van der Waals surface area (Å²) in [5.74, 6) is 0.893. The SMILES string of the molecule is Cc1c(Br)cccc1C(=O)N1CCC(CN(C)C)CC1. The molecule has 1 saturated heterocycles. The number of nitrogens with zero attached hydrogens (tertiary/aromatic N) is 2. The van der Waals surface area contributed by atoms with Crippen molar-refractivity contribution < 1.29 is 4.79 Å². The summed E-state index contributed by atoms with van der Waals surface area (Å²) in [5, 5.41) is 0. The molecule has 1 aliphatic heterocycles. The molecule has 1 amide bonds. The highest BCUT2D eigenvalue weighted by atomic mass is 79.9. The van der Waals surface area contributed by atoms with Gasteiger partial charge in [-0.1, -0.05) is 22.0 Å². The van der Waals surface area contributed by atoms with Crippen LogP contribution in [-0.2, 0) is 0 Å². The van der Waals surface area contributed by atoms with Gasteiger partial charge in [0.05, 0.1) is 0 Å². The van der Waals surface area contributed by atoms with Crippen LogP contribution < -0.4 is 0 Å². The van der Waals surface area contributed by atoms with Gasteiger partial charge in [0.1, 0.15) is 0 Å². The molecule has 0 aromatic heterocycles. The molecule has 2 rings (SSSR count). The highest BCUT2D eigenvalue weighted by molar-refractivity contribution is 9.10. The highest BCUT2D eigenvalue weighted by Gasteiger charge is 2.24. The Hall–Kier alpha value is -0.870. The number of carbonyl (C=O) groups is 1. The quantitative estimate of drug-likeness (QED) is 0.845. The molecular weight excluding hydrogens is 316 g/mol. The molecule has 1 heterocycles. The third-order valence-corrected chi connectivity index (χ3v) is 4.88. The summed E-state index contributed by atoms with van der Waals surface area (Å²) in [6, 6.07) is 5.84. The first-order valence-electron chi connectivity index (χ1n) is 7.18. The number of amides is 1. The van der Waals surface area contributed by atoms with Crippen molar-refractivity contribution in [3.05, 3.63) is 33.8 Å². The van der Waals surface area contributed by atoms with E-state index in [0.29, 0.717) is 0 Å². The molecule has 1 aliphatic rings. The van der Waals surface area contributed by atoms with Crippen LogP contribution in [0.4, 0.5) is 0 Å². The van der Waals surface area contributed by atoms with E-state index in [9.17, 15) is 4.79 Å². The number of benzene rings is 1. The predicted molar refractivity (Wildman–Crippen MR) is 86.1 cm³/mol. The monoisotopic (exact) mass is 338 g/mol. The molecule has 20 heavy (non-hydrogen) atoms. The Morgan fingerprint density at radius 3 is 2.60 bits per heavy atom. The van der Waals surface area contributed by atoms with Gasteiger partial charge in [0.25, 0.3) is 5.91 Å². The van der Waals surface area contributed by atoms with Crippen molar-refractivity contribution in [3.63, 3.8) is 0 Å². The third-order valence-electron chi connectivity index (χ3n) is 4.02. The van der Waals surface area contributed by atoms with Gasteiger partial charge in [-0.2, -0.15) is 0 Å². The fraction of sp³-hybridized carbons (Fsp3) is 0.562. The lowest BCUT2D eigenvalue weighted by Crippen LogP contribution is -2.40. The average Bonchev–Trinajstić information content (AvgIpc) is 2.41. The highest BCUT2D eigenvalue weighted by Crippen LogP contribution is 2.24. The molecule has 1 fully saturated rings. The zero-order valence-corrected chi connectivity index (χ0v) is 14.1. The number of halogens is 1. The molecule has 4 heteroatoms. The lowest BCUT2D eigenvalue weighted by atomic mass is 9.95. The number of hydrogen-bond donors (Lipinski definition) is 0. The molecule has 0 spiro atoms. The summed E-state index contributed by atoms with van der Waals surface area (Å²) < 4.78 is 1.01. The molecule has 110 valence electrons. The van der Waals surface area contributed by atoms with Gasteiger partial charge in [-0.25, -0.2) is 0 Å². The molecular formula is C16H23BrN2O. The minimum atomic E-state index is 0.173. The molecule has 0 atom stereocenters. The first kappa shape index (κ1) is 15.5. The molecule has 0 radical (unpaired) electrons. The van der Waals surface area contributed by atoms with Crippen molar-refractivity contribution in [2.45, 2.75) is 19.8 Å². The maximum Gasteiger partial charge on any atom is 0.254 e. The predicted octanol–water partition coefficient (Wildman–Crippen LogP) is 3.17. The van der Waals surface area contributed by atoms with Crippen molar-refractivity contribution in [1.82, 2.24) is 9.80 Å². The molecule has 1 aromatic carbocycles. The van der Waals surface area contributed by atoms with Crippen LogP contribution in [0.1, 0.15) is 28.8 Å². The minimum Gasteiger partial charge on any atom is -0.339 e. The fourth-order valence-corrected chi connectivity index (χ4v) is 3.21. The van der Waals surface area contributed by atoms with Crippen molar-refractivity contribution >= 4 is 21.8 Å². The first-order valence-corrected chi connectivity index (χ1v) is 7.97. The lowest BCUT2D eigenvalue weighted by molar-refractivity contribution is 0.0677. The van der Waals surface area contributed by atoms with E-state index in [1.807, 2.05) is 30.0 Å². The Balaban J connectivity index is 2.00. The Morgan fingerprint density at radius 1 is 1.35 bits per heavy atom. The number of piperidine rings is 1. The van der Waals surface area contributed by atoms with E-state index < -0.39 is 0 Å². The molecule has 0 bridgehead atoms. The Kier molecular flexibility index (Phi) is 5.22. The zero-order valence-electron chi connectivity index (χ0n) is 12.5. The van der Waals surface area contributed by atoms with E-state index >= 15 is 0 Å². The van der Waals surface area contributed by atoms with Gasteiger partial charge >= 0.3 is 0 Å². The van der Waals surface area contributed by atoms with E-state index in [1.54, 1.807) is 0 Å². The molecule has 1 aromatic rings. The topological polar surface area (TPSA) is 23.6 Å². The zero-order chi connectivity index (χ0) is 14.7. The van der Waals surface area contributed by atoms with Crippen molar-refractivity contribution in [3.8, 4) is 0 Å². The number of hydrogen-bond acceptors (Lipinski definition) is 2. The van der Waals surface area contributed by atoms with Gasteiger partial charge in [0.2, 0.25) is 0 Å². The lowest BCUT2D eigenvalue weighted by Gasteiger charge is -2.33. The van der Waals surface area contributed by atoms with Crippen LogP contribution in [0.5, 0.6) is 0 Å². The number of rotatable bonds is 3. The second-order valence-electron chi connectivity index (χ2n) is 5.91. The summed E-state index contributed by atoms with van der Waals surface area (Å²) in [7, 11) is 4.23.